The third-order valence-corrected chi connectivity index (χ3v) is 5.78. The smallest absolute Gasteiger partial charge is 0.123 e. The van der Waals surface area contributed by atoms with E-state index in [4.69, 9.17) is 9.47 Å². The number of rotatable bonds is 12. The van der Waals surface area contributed by atoms with Gasteiger partial charge in [-0.25, -0.2) is 4.98 Å². The molecule has 0 atom stereocenters. The van der Waals surface area contributed by atoms with Crippen LogP contribution in [0.2, 0.25) is 0 Å². The molecule has 4 heteroatoms. The molecule has 0 amide bonds. The topological polar surface area (TPSA) is 31.4 Å². The van der Waals surface area contributed by atoms with Gasteiger partial charge in [-0.3, -0.25) is 0 Å². The fourth-order valence-electron chi connectivity index (χ4n) is 2.94. The van der Waals surface area contributed by atoms with Crippen LogP contribution in [-0.4, -0.2) is 18.2 Å². The largest absolute Gasteiger partial charge is 0.490 e. The van der Waals surface area contributed by atoms with Crippen LogP contribution in [0.25, 0.3) is 21.0 Å². The summed E-state index contributed by atoms with van der Waals surface area (Å²) in [7, 11) is 0. The summed E-state index contributed by atoms with van der Waals surface area (Å²) in [5.41, 5.74) is 2.25. The zero-order chi connectivity index (χ0) is 21.7. The van der Waals surface area contributed by atoms with Crippen molar-refractivity contribution in [2.24, 2.45) is 0 Å². The summed E-state index contributed by atoms with van der Waals surface area (Å²) in [5, 5.41) is 1.01. The van der Waals surface area contributed by atoms with E-state index in [1.54, 1.807) is 11.3 Å². The molecule has 0 bridgehead atoms. The van der Waals surface area contributed by atoms with Gasteiger partial charge in [0.05, 0.1) is 4.88 Å². The van der Waals surface area contributed by atoms with E-state index in [9.17, 15) is 0 Å². The average molecular weight is 434 g/mol. The zero-order valence-corrected chi connectivity index (χ0v) is 19.2. The van der Waals surface area contributed by atoms with Crippen molar-refractivity contribution < 1.29 is 9.47 Å². The number of benzene rings is 2. The van der Waals surface area contributed by atoms with Crippen molar-refractivity contribution in [3.05, 3.63) is 79.0 Å². The molecule has 0 N–H and O–H groups in total. The fourth-order valence-corrected chi connectivity index (χ4v) is 3.87. The van der Waals surface area contributed by atoms with Gasteiger partial charge in [-0.1, -0.05) is 51.0 Å². The highest BCUT2D eigenvalue weighted by Crippen LogP contribution is 2.33. The van der Waals surface area contributed by atoms with Gasteiger partial charge in [0.25, 0.3) is 0 Å². The van der Waals surface area contributed by atoms with E-state index < -0.39 is 0 Å². The van der Waals surface area contributed by atoms with E-state index in [0.29, 0.717) is 13.2 Å². The summed E-state index contributed by atoms with van der Waals surface area (Å²) in [6.07, 6.45) is 14.9. The van der Waals surface area contributed by atoms with Crippen LogP contribution < -0.4 is 9.47 Å². The number of aromatic nitrogens is 1. The fraction of sp³-hybridized carbons (Fsp3) is 0.296. The van der Waals surface area contributed by atoms with Crippen molar-refractivity contribution in [1.82, 2.24) is 4.98 Å². The maximum Gasteiger partial charge on any atom is 0.123 e. The predicted octanol–water partition coefficient (Wildman–Crippen LogP) is 7.95. The quantitative estimate of drug-likeness (QED) is 0.272. The Morgan fingerprint density at radius 2 is 1.23 bits per heavy atom. The predicted molar refractivity (Wildman–Crippen MR) is 132 cm³/mol. The van der Waals surface area contributed by atoms with E-state index in [-0.39, 0.29) is 0 Å². The lowest BCUT2D eigenvalue weighted by Crippen LogP contribution is -1.92. The minimum absolute atomic E-state index is 0.607. The van der Waals surface area contributed by atoms with E-state index in [1.807, 2.05) is 30.5 Å². The van der Waals surface area contributed by atoms with Gasteiger partial charge >= 0.3 is 0 Å². The molecular formula is C27H31NO2S. The number of nitrogens with zero attached hydrogens (tertiary/aromatic N) is 1. The van der Waals surface area contributed by atoms with Crippen LogP contribution in [0.15, 0.2) is 79.0 Å². The van der Waals surface area contributed by atoms with Crippen molar-refractivity contribution in [3.8, 4) is 32.5 Å². The first-order valence-corrected chi connectivity index (χ1v) is 11.8. The normalized spacial score (nSPS) is 11.4. The van der Waals surface area contributed by atoms with E-state index in [1.165, 1.54) is 0 Å². The molecule has 1 heterocycles. The van der Waals surface area contributed by atoms with Gasteiger partial charge in [-0.15, -0.1) is 11.3 Å². The molecule has 0 aliphatic rings. The van der Waals surface area contributed by atoms with Gasteiger partial charge in [0, 0.05) is 11.8 Å². The zero-order valence-electron chi connectivity index (χ0n) is 18.4. The standard InChI is InChI=1S/C27H31NO2S/c1-3-5-7-9-19-29-24-15-11-22(12-16-24)26-21-28-27(31-26)23-13-17-25(18-14-23)30-20-10-8-6-4-2/h7-18,21H,3-6,19-20H2,1-2H3. The number of hydrogen-bond donors (Lipinski definition) is 0. The first-order chi connectivity index (χ1) is 15.3. The first kappa shape index (κ1) is 22.8. The summed E-state index contributed by atoms with van der Waals surface area (Å²) >= 11 is 1.69. The number of thiazole rings is 1. The van der Waals surface area contributed by atoms with Crippen LogP contribution in [-0.2, 0) is 0 Å². The monoisotopic (exact) mass is 433 g/mol. The van der Waals surface area contributed by atoms with Crippen LogP contribution in [0.5, 0.6) is 11.5 Å². The molecule has 2 aromatic carbocycles. The SMILES string of the molecule is CCCC=CCOc1ccc(-c2cnc(-c3ccc(OCC=CCCC)cc3)s2)cc1. The van der Waals surface area contributed by atoms with Crippen molar-refractivity contribution in [3.63, 3.8) is 0 Å². The Labute approximate surface area is 190 Å². The van der Waals surface area contributed by atoms with Gasteiger partial charge in [-0.05, 0) is 66.9 Å². The first-order valence-electron chi connectivity index (χ1n) is 11.0. The van der Waals surface area contributed by atoms with E-state index >= 15 is 0 Å². The van der Waals surface area contributed by atoms with Crippen LogP contribution in [0.3, 0.4) is 0 Å². The van der Waals surface area contributed by atoms with Crippen molar-refractivity contribution in [2.45, 2.75) is 39.5 Å². The number of allylic oxidation sites excluding steroid dienone is 2. The van der Waals surface area contributed by atoms with Crippen molar-refractivity contribution >= 4 is 11.3 Å². The summed E-state index contributed by atoms with van der Waals surface area (Å²) < 4.78 is 11.5. The third kappa shape index (κ3) is 7.41. The molecule has 3 rings (SSSR count). The van der Waals surface area contributed by atoms with Gasteiger partial charge in [0.1, 0.15) is 29.7 Å². The van der Waals surface area contributed by atoms with E-state index in [0.717, 1.165) is 58.2 Å². The highest BCUT2D eigenvalue weighted by atomic mass is 32.1. The Hall–Kier alpha value is -2.85. The molecule has 0 spiro atoms. The third-order valence-electron chi connectivity index (χ3n) is 4.68. The number of unbranched alkanes of at least 4 members (excludes halogenated alkanes) is 2. The van der Waals surface area contributed by atoms with Gasteiger partial charge in [-0.2, -0.15) is 0 Å². The molecule has 3 aromatic rings. The summed E-state index contributed by atoms with van der Waals surface area (Å²) in [6, 6.07) is 16.4. The maximum atomic E-state index is 5.76. The molecule has 0 fully saturated rings. The second-order valence-electron chi connectivity index (χ2n) is 7.22. The lowest BCUT2D eigenvalue weighted by Gasteiger charge is -2.04. The highest BCUT2D eigenvalue weighted by Gasteiger charge is 2.07. The minimum atomic E-state index is 0.607. The second-order valence-corrected chi connectivity index (χ2v) is 8.25. The Morgan fingerprint density at radius 3 is 1.74 bits per heavy atom. The number of hydrogen-bond acceptors (Lipinski definition) is 4. The Morgan fingerprint density at radius 1 is 0.710 bits per heavy atom. The van der Waals surface area contributed by atoms with Crippen LogP contribution in [0.4, 0.5) is 0 Å². The molecule has 0 saturated heterocycles. The lowest BCUT2D eigenvalue weighted by atomic mass is 10.2. The molecule has 162 valence electrons. The molecule has 3 nitrogen and oxygen atoms in total. The molecule has 0 radical (unpaired) electrons. The average Bonchev–Trinajstić information content (AvgIpc) is 3.30. The summed E-state index contributed by atoms with van der Waals surface area (Å²) in [4.78, 5) is 5.76. The highest BCUT2D eigenvalue weighted by molar-refractivity contribution is 7.18. The van der Waals surface area contributed by atoms with Crippen LogP contribution in [0, 0.1) is 0 Å². The molecule has 1 aromatic heterocycles. The molecule has 0 saturated carbocycles. The van der Waals surface area contributed by atoms with Crippen LogP contribution >= 0.6 is 11.3 Å². The Kier molecular flexibility index (Phi) is 9.39. The second kappa shape index (κ2) is 12.8. The van der Waals surface area contributed by atoms with E-state index in [2.05, 4.69) is 67.4 Å². The summed E-state index contributed by atoms with van der Waals surface area (Å²) in [5.74, 6) is 1.76. The van der Waals surface area contributed by atoms with Crippen molar-refractivity contribution in [1.29, 1.82) is 0 Å². The molecule has 0 aliphatic carbocycles. The Balaban J connectivity index is 1.56. The molecule has 0 aliphatic heterocycles. The van der Waals surface area contributed by atoms with Crippen molar-refractivity contribution in [2.75, 3.05) is 13.2 Å². The minimum Gasteiger partial charge on any atom is -0.490 e. The van der Waals surface area contributed by atoms with Crippen LogP contribution in [0.1, 0.15) is 39.5 Å². The molecule has 31 heavy (non-hydrogen) atoms. The Bertz CT molecular complexity index is 878. The van der Waals surface area contributed by atoms with Gasteiger partial charge in [0.2, 0.25) is 0 Å². The molecule has 0 unspecified atom stereocenters. The molecular weight excluding hydrogens is 402 g/mol. The maximum absolute atomic E-state index is 5.76. The summed E-state index contributed by atoms with van der Waals surface area (Å²) in [6.45, 7) is 5.56. The van der Waals surface area contributed by atoms with Gasteiger partial charge in [0.15, 0.2) is 0 Å². The van der Waals surface area contributed by atoms with Gasteiger partial charge < -0.3 is 9.47 Å². The number of ether oxygens (including phenoxy) is 2. The lowest BCUT2D eigenvalue weighted by molar-refractivity contribution is 0.362.